The number of amides is 2. The fourth-order valence-electron chi connectivity index (χ4n) is 7.07. The van der Waals surface area contributed by atoms with E-state index in [4.69, 9.17) is 19.7 Å². The quantitative estimate of drug-likeness (QED) is 0.419. The molecule has 2 amide bonds. The van der Waals surface area contributed by atoms with E-state index < -0.39 is 0 Å². The molecule has 44 heavy (non-hydrogen) atoms. The Kier molecular flexibility index (Phi) is 7.98. The first kappa shape index (κ1) is 28.8. The van der Waals surface area contributed by atoms with Crippen molar-refractivity contribution in [2.45, 2.75) is 63.7 Å². The van der Waals surface area contributed by atoms with Crippen LogP contribution in [0.15, 0.2) is 48.5 Å². The summed E-state index contributed by atoms with van der Waals surface area (Å²) in [5, 5.41) is 5.90. The van der Waals surface area contributed by atoms with E-state index in [0.29, 0.717) is 48.9 Å². The van der Waals surface area contributed by atoms with Gasteiger partial charge in [-0.3, -0.25) is 0 Å². The Morgan fingerprint density at radius 2 is 1.27 bits per heavy atom. The summed E-state index contributed by atoms with van der Waals surface area (Å²) in [5.41, 5.74) is 3.52. The van der Waals surface area contributed by atoms with E-state index in [-0.39, 0.29) is 6.03 Å². The van der Waals surface area contributed by atoms with E-state index in [1.54, 1.807) is 0 Å². The monoisotopic (exact) mass is 597 g/mol. The zero-order chi connectivity index (χ0) is 30.2. The first-order valence-corrected chi connectivity index (χ1v) is 16.0. The summed E-state index contributed by atoms with van der Waals surface area (Å²) in [6.07, 6.45) is 4.45. The first-order chi connectivity index (χ1) is 21.4. The number of piperazine rings is 1. The predicted molar refractivity (Wildman–Crippen MR) is 175 cm³/mol. The Morgan fingerprint density at radius 3 is 1.86 bits per heavy atom. The van der Waals surface area contributed by atoms with E-state index in [9.17, 15) is 4.79 Å². The van der Waals surface area contributed by atoms with Gasteiger partial charge < -0.3 is 35.0 Å². The van der Waals surface area contributed by atoms with Gasteiger partial charge in [-0.15, -0.1) is 0 Å². The molecule has 4 aliphatic heterocycles. The molecule has 11 nitrogen and oxygen atoms in total. The van der Waals surface area contributed by atoms with Crippen LogP contribution in [0.1, 0.15) is 39.5 Å². The van der Waals surface area contributed by atoms with Crippen LogP contribution in [0.5, 0.6) is 0 Å². The lowest BCUT2D eigenvalue weighted by Crippen LogP contribution is -2.47. The Bertz CT molecular complexity index is 1430. The molecule has 11 heteroatoms. The van der Waals surface area contributed by atoms with Gasteiger partial charge in [0.25, 0.3) is 0 Å². The molecule has 4 fully saturated rings. The Labute approximate surface area is 259 Å². The lowest BCUT2D eigenvalue weighted by atomic mass is 10.2. The fraction of sp³-hybridized carbons (Fsp3) is 0.515. The number of ether oxygens (including phenoxy) is 1. The molecule has 4 saturated heterocycles. The van der Waals surface area contributed by atoms with Crippen LogP contribution in [0.4, 0.5) is 33.8 Å². The van der Waals surface area contributed by atoms with E-state index in [2.05, 4.69) is 63.3 Å². The van der Waals surface area contributed by atoms with Crippen molar-refractivity contribution in [1.29, 1.82) is 0 Å². The van der Waals surface area contributed by atoms with E-state index in [0.717, 1.165) is 75.0 Å². The van der Waals surface area contributed by atoms with Crippen LogP contribution in [-0.2, 0) is 4.74 Å². The van der Waals surface area contributed by atoms with Crippen LogP contribution in [0.2, 0.25) is 0 Å². The molecule has 7 rings (SSSR count). The van der Waals surface area contributed by atoms with Crippen molar-refractivity contribution in [3.05, 3.63) is 48.5 Å². The number of carbonyl (C=O) groups is 1. The van der Waals surface area contributed by atoms with Gasteiger partial charge in [0.15, 0.2) is 5.82 Å². The van der Waals surface area contributed by atoms with Crippen molar-refractivity contribution >= 4 is 35.0 Å². The normalized spacial score (nSPS) is 25.4. The Morgan fingerprint density at radius 1 is 0.727 bits per heavy atom. The number of morpholine rings is 1. The topological polar surface area (TPSA) is 102 Å². The highest BCUT2D eigenvalue weighted by molar-refractivity contribution is 5.99. The smallest absolute Gasteiger partial charge is 0.323 e. The number of urea groups is 1. The molecular weight excluding hydrogens is 554 g/mol. The van der Waals surface area contributed by atoms with Crippen LogP contribution in [0.3, 0.4) is 0 Å². The summed E-state index contributed by atoms with van der Waals surface area (Å²) in [6, 6.07) is 16.9. The fourth-order valence-corrected chi connectivity index (χ4v) is 7.07. The number of aromatic nitrogens is 3. The van der Waals surface area contributed by atoms with Crippen LogP contribution >= 0.6 is 0 Å². The molecular formula is C33H43N9O2. The number of hydrogen-bond donors (Lipinski definition) is 2. The summed E-state index contributed by atoms with van der Waals surface area (Å²) in [6.45, 7) is 10.1. The molecule has 232 valence electrons. The number of nitrogens with one attached hydrogen (secondary N) is 2. The molecule has 2 aromatic carbocycles. The summed E-state index contributed by atoms with van der Waals surface area (Å²) in [7, 11) is 2.15. The molecule has 4 atom stereocenters. The second-order valence-electron chi connectivity index (χ2n) is 12.8. The number of carbonyl (C=O) groups excluding carboxylic acids is 1. The average molecular weight is 598 g/mol. The maximum atomic E-state index is 12.8. The van der Waals surface area contributed by atoms with Crippen LogP contribution in [0.25, 0.3) is 11.4 Å². The molecule has 2 N–H and O–H groups in total. The summed E-state index contributed by atoms with van der Waals surface area (Å²) < 4.78 is 5.84. The van der Waals surface area contributed by atoms with Gasteiger partial charge in [0.1, 0.15) is 0 Å². The lowest BCUT2D eigenvalue weighted by molar-refractivity contribution is 0.0897. The van der Waals surface area contributed by atoms with Gasteiger partial charge in [-0.05, 0) is 95.1 Å². The van der Waals surface area contributed by atoms with Gasteiger partial charge >= 0.3 is 6.03 Å². The van der Waals surface area contributed by atoms with Crippen LogP contribution < -0.4 is 25.3 Å². The Hall–Kier alpha value is -3.96. The molecule has 1 aromatic heterocycles. The van der Waals surface area contributed by atoms with Crippen molar-refractivity contribution in [3.8, 4) is 11.4 Å². The van der Waals surface area contributed by atoms with Gasteiger partial charge in [0, 0.05) is 60.9 Å². The van der Waals surface area contributed by atoms with Crippen LogP contribution in [0, 0.1) is 0 Å². The minimum Gasteiger partial charge on any atom is -0.377 e. The summed E-state index contributed by atoms with van der Waals surface area (Å²) in [5.74, 6) is 2.14. The zero-order valence-corrected chi connectivity index (χ0v) is 25.9. The number of benzene rings is 2. The second-order valence-corrected chi connectivity index (χ2v) is 12.8. The van der Waals surface area contributed by atoms with Crippen LogP contribution in [-0.4, -0.2) is 96.5 Å². The third-order valence-electron chi connectivity index (χ3n) is 9.66. The maximum absolute atomic E-state index is 12.8. The number of hydrogen-bond acceptors (Lipinski definition) is 9. The van der Waals surface area contributed by atoms with Crippen molar-refractivity contribution in [3.63, 3.8) is 0 Å². The molecule has 0 spiro atoms. The standard InChI is InChI=1S/C33H43N9O2/c1-22-4-5-23(2)41(22)31-36-30(37-32(38-31)42-28-14-15-29(42)21-44-20-28)24-6-8-25(9-7-24)34-33(43)35-26-10-12-27(13-11-26)40-18-16-39(3)17-19-40/h6-13,22-23,28-29H,4-5,14-21H2,1-3H3,(H2,34,35,43). The van der Waals surface area contributed by atoms with E-state index >= 15 is 0 Å². The number of nitrogens with zero attached hydrogens (tertiary/aromatic N) is 7. The summed E-state index contributed by atoms with van der Waals surface area (Å²) in [4.78, 5) is 37.2. The highest BCUT2D eigenvalue weighted by Gasteiger charge is 2.40. The molecule has 2 bridgehead atoms. The van der Waals surface area contributed by atoms with Gasteiger partial charge in [0.2, 0.25) is 11.9 Å². The van der Waals surface area contributed by atoms with Crippen molar-refractivity contribution in [2.75, 3.05) is 71.8 Å². The van der Waals surface area contributed by atoms with Crippen molar-refractivity contribution in [1.82, 2.24) is 19.9 Å². The number of fused-ring (bicyclic) bond motifs is 2. The zero-order valence-electron chi connectivity index (χ0n) is 25.9. The predicted octanol–water partition coefficient (Wildman–Crippen LogP) is 4.68. The summed E-state index contributed by atoms with van der Waals surface area (Å²) >= 11 is 0. The number of anilines is 5. The lowest BCUT2D eigenvalue weighted by Gasteiger charge is -2.35. The highest BCUT2D eigenvalue weighted by Crippen LogP contribution is 2.35. The van der Waals surface area contributed by atoms with Crippen molar-refractivity contribution in [2.24, 2.45) is 0 Å². The number of likely N-dealkylation sites (N-methyl/N-ethyl adjacent to an activating group) is 1. The van der Waals surface area contributed by atoms with Gasteiger partial charge in [-0.2, -0.15) is 15.0 Å². The highest BCUT2D eigenvalue weighted by atomic mass is 16.5. The molecule has 4 aliphatic rings. The molecule has 0 radical (unpaired) electrons. The first-order valence-electron chi connectivity index (χ1n) is 16.0. The average Bonchev–Trinajstić information content (AvgIpc) is 3.50. The minimum atomic E-state index is -0.283. The van der Waals surface area contributed by atoms with Gasteiger partial charge in [0.05, 0.1) is 25.3 Å². The number of rotatable bonds is 6. The third-order valence-corrected chi connectivity index (χ3v) is 9.66. The largest absolute Gasteiger partial charge is 0.377 e. The molecule has 4 unspecified atom stereocenters. The molecule has 0 aliphatic carbocycles. The van der Waals surface area contributed by atoms with E-state index in [1.807, 2.05) is 36.4 Å². The van der Waals surface area contributed by atoms with Gasteiger partial charge in [-0.1, -0.05) is 0 Å². The SMILES string of the molecule is CC1CCC(C)N1c1nc(-c2ccc(NC(=O)Nc3ccc(N4CCN(C)CC4)cc3)cc2)nc(N2C3CCC2COC3)n1. The maximum Gasteiger partial charge on any atom is 0.323 e. The second kappa shape index (κ2) is 12.2. The van der Waals surface area contributed by atoms with Crippen molar-refractivity contribution < 1.29 is 9.53 Å². The Balaban J connectivity index is 1.06. The molecule has 5 heterocycles. The van der Waals surface area contributed by atoms with E-state index in [1.165, 1.54) is 5.69 Å². The third kappa shape index (κ3) is 5.90. The molecule has 0 saturated carbocycles. The minimum absolute atomic E-state index is 0.283. The van der Waals surface area contributed by atoms with Gasteiger partial charge in [-0.25, -0.2) is 4.79 Å². The molecule has 3 aromatic rings.